The molecular weight excluding hydrogens is 274 g/mol. The molecule has 0 amide bonds. The minimum absolute atomic E-state index is 0.308. The number of thioether (sulfide) groups is 1. The average molecular weight is 291 g/mol. The highest BCUT2D eigenvalue weighted by molar-refractivity contribution is 7.99. The lowest BCUT2D eigenvalue weighted by atomic mass is 10.0. The summed E-state index contributed by atoms with van der Waals surface area (Å²) in [5.74, 6) is 2.12. The predicted octanol–water partition coefficient (Wildman–Crippen LogP) is 2.67. The number of hydrogen-bond donors (Lipinski definition) is 1. The van der Waals surface area contributed by atoms with Gasteiger partial charge in [-0.05, 0) is 12.8 Å². The summed E-state index contributed by atoms with van der Waals surface area (Å²) in [5, 5.41) is 4.72. The topological polar surface area (TPSA) is 90.7 Å². The third kappa shape index (κ3) is 3.09. The average Bonchev–Trinajstić information content (AvgIpc) is 2.95. The third-order valence-electron chi connectivity index (χ3n) is 3.40. The lowest BCUT2D eigenvalue weighted by Gasteiger charge is -2.19. The van der Waals surface area contributed by atoms with Gasteiger partial charge in [-0.2, -0.15) is 16.7 Å². The van der Waals surface area contributed by atoms with Crippen LogP contribution in [0.2, 0.25) is 0 Å². The molecule has 20 heavy (non-hydrogen) atoms. The lowest BCUT2D eigenvalue weighted by Crippen LogP contribution is -2.08. The summed E-state index contributed by atoms with van der Waals surface area (Å²) in [4.78, 5) is 12.4. The van der Waals surface area contributed by atoms with E-state index in [2.05, 4.69) is 20.1 Å². The van der Waals surface area contributed by atoms with Gasteiger partial charge in [0.15, 0.2) is 17.3 Å². The Morgan fingerprint density at radius 1 is 1.20 bits per heavy atom. The molecule has 2 heterocycles. The summed E-state index contributed by atoms with van der Waals surface area (Å²) in [6.07, 6.45) is 9.74. The predicted molar refractivity (Wildman–Crippen MR) is 77.9 cm³/mol. The summed E-state index contributed by atoms with van der Waals surface area (Å²) in [5.41, 5.74) is 6.20. The van der Waals surface area contributed by atoms with Gasteiger partial charge < -0.3 is 10.3 Å². The fourth-order valence-electron chi connectivity index (χ4n) is 2.35. The Morgan fingerprint density at radius 3 is 2.80 bits per heavy atom. The van der Waals surface area contributed by atoms with Gasteiger partial charge in [0, 0.05) is 17.6 Å². The number of anilines is 1. The van der Waals surface area contributed by atoms with Crippen LogP contribution in [0.4, 0.5) is 5.82 Å². The maximum Gasteiger partial charge on any atom is 0.280 e. The Bertz CT molecular complexity index is 567. The van der Waals surface area contributed by atoms with E-state index < -0.39 is 0 Å². The van der Waals surface area contributed by atoms with Crippen LogP contribution in [0.5, 0.6) is 0 Å². The molecule has 0 saturated heterocycles. The summed E-state index contributed by atoms with van der Waals surface area (Å²) >= 11 is 1.91. The molecule has 0 bridgehead atoms. The van der Waals surface area contributed by atoms with E-state index in [1.807, 2.05) is 11.8 Å². The van der Waals surface area contributed by atoms with Crippen molar-refractivity contribution in [3.8, 4) is 11.6 Å². The Hall–Kier alpha value is -1.63. The molecule has 1 aliphatic carbocycles. The van der Waals surface area contributed by atoms with E-state index in [1.54, 1.807) is 6.20 Å². The molecule has 2 aromatic heterocycles. The van der Waals surface area contributed by atoms with E-state index >= 15 is 0 Å². The molecule has 0 atom stereocenters. The third-order valence-corrected chi connectivity index (χ3v) is 4.77. The Morgan fingerprint density at radius 2 is 2.00 bits per heavy atom. The van der Waals surface area contributed by atoms with Crippen LogP contribution in [0.25, 0.3) is 11.6 Å². The smallest absolute Gasteiger partial charge is 0.280 e. The largest absolute Gasteiger partial charge is 0.382 e. The minimum Gasteiger partial charge on any atom is -0.382 e. The summed E-state index contributed by atoms with van der Waals surface area (Å²) in [6, 6.07) is 0. The maximum atomic E-state index is 5.75. The van der Waals surface area contributed by atoms with Crippen molar-refractivity contribution in [2.24, 2.45) is 0 Å². The first-order valence-corrected chi connectivity index (χ1v) is 7.89. The van der Waals surface area contributed by atoms with Gasteiger partial charge in [0.25, 0.3) is 5.89 Å². The van der Waals surface area contributed by atoms with Crippen LogP contribution in [0.3, 0.4) is 0 Å². The van der Waals surface area contributed by atoms with E-state index in [9.17, 15) is 0 Å². The molecule has 6 nitrogen and oxygen atoms in total. The molecule has 2 aromatic rings. The number of nitrogens with two attached hydrogens (primary N) is 1. The van der Waals surface area contributed by atoms with Crippen LogP contribution >= 0.6 is 11.8 Å². The molecule has 2 N–H and O–H groups in total. The number of nitrogen functional groups attached to an aromatic ring is 1. The second-order valence-electron chi connectivity index (χ2n) is 4.88. The lowest BCUT2D eigenvalue weighted by molar-refractivity contribution is 0.424. The monoisotopic (exact) mass is 291 g/mol. The molecule has 1 aliphatic rings. The highest BCUT2D eigenvalue weighted by Gasteiger charge is 2.17. The molecule has 1 fully saturated rings. The van der Waals surface area contributed by atoms with Gasteiger partial charge in [-0.3, -0.25) is 0 Å². The molecule has 0 unspecified atom stereocenters. The highest BCUT2D eigenvalue weighted by Crippen LogP contribution is 2.30. The van der Waals surface area contributed by atoms with Crippen LogP contribution < -0.4 is 5.73 Å². The van der Waals surface area contributed by atoms with Gasteiger partial charge in [0.2, 0.25) is 0 Å². The number of rotatable bonds is 4. The van der Waals surface area contributed by atoms with Crippen molar-refractivity contribution >= 4 is 17.6 Å². The van der Waals surface area contributed by atoms with Crippen molar-refractivity contribution in [2.75, 3.05) is 5.73 Å². The van der Waals surface area contributed by atoms with Crippen molar-refractivity contribution in [1.82, 2.24) is 20.1 Å². The highest BCUT2D eigenvalue weighted by atomic mass is 32.2. The second-order valence-corrected chi connectivity index (χ2v) is 6.17. The molecule has 7 heteroatoms. The fraction of sp³-hybridized carbons (Fsp3) is 0.538. The normalized spacial score (nSPS) is 16.4. The van der Waals surface area contributed by atoms with Gasteiger partial charge in [0.05, 0.1) is 5.75 Å². The Labute approximate surface area is 121 Å². The number of nitrogens with zero attached hydrogens (tertiary/aromatic N) is 4. The first kappa shape index (κ1) is 13.4. The van der Waals surface area contributed by atoms with Crippen molar-refractivity contribution in [3.63, 3.8) is 0 Å². The van der Waals surface area contributed by atoms with Gasteiger partial charge in [-0.25, -0.2) is 9.97 Å². The second kappa shape index (κ2) is 6.21. The first-order valence-electron chi connectivity index (χ1n) is 6.84. The van der Waals surface area contributed by atoms with E-state index in [0.717, 1.165) is 11.0 Å². The molecular formula is C13H17N5OS. The summed E-state index contributed by atoms with van der Waals surface area (Å²) < 4.78 is 5.21. The van der Waals surface area contributed by atoms with Gasteiger partial charge >= 0.3 is 0 Å². The van der Waals surface area contributed by atoms with Crippen molar-refractivity contribution < 1.29 is 4.52 Å². The zero-order valence-corrected chi connectivity index (χ0v) is 12.0. The van der Waals surface area contributed by atoms with Crippen LogP contribution in [0.1, 0.15) is 37.9 Å². The molecule has 1 saturated carbocycles. The van der Waals surface area contributed by atoms with Gasteiger partial charge in [-0.1, -0.05) is 24.4 Å². The number of hydrogen-bond acceptors (Lipinski definition) is 7. The van der Waals surface area contributed by atoms with Crippen molar-refractivity contribution in [1.29, 1.82) is 0 Å². The van der Waals surface area contributed by atoms with E-state index in [0.29, 0.717) is 23.2 Å². The zero-order valence-electron chi connectivity index (χ0n) is 11.2. The quantitative estimate of drug-likeness (QED) is 0.925. The van der Waals surface area contributed by atoms with E-state index in [4.69, 9.17) is 10.3 Å². The first-order chi connectivity index (χ1) is 9.83. The SMILES string of the molecule is Nc1nccnc1-c1nc(CSC2CCCCC2)no1. The number of aromatic nitrogens is 4. The molecule has 0 spiro atoms. The fourth-order valence-corrected chi connectivity index (χ4v) is 3.52. The van der Waals surface area contributed by atoms with Crippen molar-refractivity contribution in [2.45, 2.75) is 43.1 Å². The van der Waals surface area contributed by atoms with Crippen LogP contribution in [0.15, 0.2) is 16.9 Å². The standard InChI is InChI=1S/C13H17N5OS/c14-12-11(15-6-7-16-12)13-17-10(18-19-13)8-20-9-4-2-1-3-5-9/h6-7,9H,1-5,8H2,(H2,14,16). The Balaban J connectivity index is 1.63. The zero-order chi connectivity index (χ0) is 13.8. The van der Waals surface area contributed by atoms with E-state index in [-0.39, 0.29) is 0 Å². The molecule has 0 aromatic carbocycles. The summed E-state index contributed by atoms with van der Waals surface area (Å²) in [6.45, 7) is 0. The maximum absolute atomic E-state index is 5.75. The molecule has 0 radical (unpaired) electrons. The van der Waals surface area contributed by atoms with Gasteiger partial charge in [-0.15, -0.1) is 0 Å². The molecule has 106 valence electrons. The van der Waals surface area contributed by atoms with Crippen molar-refractivity contribution in [3.05, 3.63) is 18.2 Å². The minimum atomic E-state index is 0.308. The van der Waals surface area contributed by atoms with Crippen LogP contribution in [0, 0.1) is 0 Å². The molecule has 3 rings (SSSR count). The van der Waals surface area contributed by atoms with Crippen LogP contribution in [-0.2, 0) is 5.75 Å². The van der Waals surface area contributed by atoms with E-state index in [1.165, 1.54) is 38.3 Å². The van der Waals surface area contributed by atoms with Gasteiger partial charge in [0.1, 0.15) is 0 Å². The van der Waals surface area contributed by atoms with Crippen LogP contribution in [-0.4, -0.2) is 25.4 Å². The Kier molecular flexibility index (Phi) is 4.15. The molecule has 0 aliphatic heterocycles. The summed E-state index contributed by atoms with van der Waals surface area (Å²) in [7, 11) is 0.